The standard InChI is InChI=1S/C14H21ClN2/c1-11(13-4-6-14(15)7-5-13)17-10-12-3-2-8-16-9-12/h4-7,11-12,16-17H,2-3,8-10H2,1H3/t11-,12?/m0/s1. The van der Waals surface area contributed by atoms with Crippen molar-refractivity contribution >= 4 is 11.6 Å². The second kappa shape index (κ2) is 6.39. The van der Waals surface area contributed by atoms with E-state index in [4.69, 9.17) is 11.6 Å². The van der Waals surface area contributed by atoms with Gasteiger partial charge in [0.2, 0.25) is 0 Å². The summed E-state index contributed by atoms with van der Waals surface area (Å²) in [5.41, 5.74) is 1.30. The molecule has 3 heteroatoms. The van der Waals surface area contributed by atoms with Crippen molar-refractivity contribution < 1.29 is 0 Å². The van der Waals surface area contributed by atoms with E-state index in [0.29, 0.717) is 6.04 Å². The summed E-state index contributed by atoms with van der Waals surface area (Å²) < 4.78 is 0. The summed E-state index contributed by atoms with van der Waals surface area (Å²) in [4.78, 5) is 0. The van der Waals surface area contributed by atoms with Crippen LogP contribution in [0.5, 0.6) is 0 Å². The van der Waals surface area contributed by atoms with Gasteiger partial charge in [0.25, 0.3) is 0 Å². The highest BCUT2D eigenvalue weighted by Crippen LogP contribution is 2.17. The molecule has 0 amide bonds. The molecular formula is C14H21ClN2. The van der Waals surface area contributed by atoms with E-state index in [9.17, 15) is 0 Å². The Morgan fingerprint density at radius 2 is 2.18 bits per heavy atom. The van der Waals surface area contributed by atoms with E-state index in [1.807, 2.05) is 12.1 Å². The van der Waals surface area contributed by atoms with Gasteiger partial charge in [-0.1, -0.05) is 23.7 Å². The number of halogens is 1. The number of piperidine rings is 1. The van der Waals surface area contributed by atoms with Gasteiger partial charge in [-0.2, -0.15) is 0 Å². The van der Waals surface area contributed by atoms with Crippen LogP contribution in [0.4, 0.5) is 0 Å². The van der Waals surface area contributed by atoms with E-state index in [0.717, 1.165) is 24.0 Å². The SMILES string of the molecule is C[C@H](NCC1CCCNC1)c1ccc(Cl)cc1. The molecule has 1 aliphatic rings. The third-order valence-corrected chi connectivity index (χ3v) is 3.73. The summed E-state index contributed by atoms with van der Waals surface area (Å²) in [5, 5.41) is 7.86. The molecule has 1 saturated heterocycles. The molecule has 2 N–H and O–H groups in total. The maximum atomic E-state index is 5.89. The number of rotatable bonds is 4. The summed E-state index contributed by atoms with van der Waals surface area (Å²) in [6, 6.07) is 8.50. The zero-order valence-electron chi connectivity index (χ0n) is 10.4. The number of hydrogen-bond acceptors (Lipinski definition) is 2. The van der Waals surface area contributed by atoms with Crippen LogP contribution in [0.1, 0.15) is 31.4 Å². The van der Waals surface area contributed by atoms with Crippen LogP contribution < -0.4 is 10.6 Å². The van der Waals surface area contributed by atoms with Gasteiger partial charge < -0.3 is 10.6 Å². The molecular weight excluding hydrogens is 232 g/mol. The molecule has 0 aliphatic carbocycles. The van der Waals surface area contributed by atoms with E-state index < -0.39 is 0 Å². The van der Waals surface area contributed by atoms with Crippen molar-refractivity contribution in [2.75, 3.05) is 19.6 Å². The summed E-state index contributed by atoms with van der Waals surface area (Å²) in [5.74, 6) is 0.776. The molecule has 0 aromatic heterocycles. The van der Waals surface area contributed by atoms with E-state index >= 15 is 0 Å². The molecule has 2 atom stereocenters. The molecule has 2 nitrogen and oxygen atoms in total. The summed E-state index contributed by atoms with van der Waals surface area (Å²) >= 11 is 5.89. The van der Waals surface area contributed by atoms with Crippen LogP contribution in [-0.4, -0.2) is 19.6 Å². The average molecular weight is 253 g/mol. The molecule has 1 aliphatic heterocycles. The van der Waals surface area contributed by atoms with Gasteiger partial charge in [0.15, 0.2) is 0 Å². The van der Waals surface area contributed by atoms with Crippen molar-refractivity contribution in [1.29, 1.82) is 0 Å². The van der Waals surface area contributed by atoms with Gasteiger partial charge in [0, 0.05) is 11.1 Å². The largest absolute Gasteiger partial charge is 0.316 e. The quantitative estimate of drug-likeness (QED) is 0.861. The predicted octanol–water partition coefficient (Wildman–Crippen LogP) is 2.99. The molecule has 0 saturated carbocycles. The number of benzene rings is 1. The Kier molecular flexibility index (Phi) is 4.84. The van der Waals surface area contributed by atoms with E-state index in [1.54, 1.807) is 0 Å². The topological polar surface area (TPSA) is 24.1 Å². The first kappa shape index (κ1) is 12.9. The Morgan fingerprint density at radius 1 is 1.41 bits per heavy atom. The lowest BCUT2D eigenvalue weighted by atomic mass is 9.99. The minimum atomic E-state index is 0.397. The van der Waals surface area contributed by atoms with Crippen molar-refractivity contribution in [2.45, 2.75) is 25.8 Å². The van der Waals surface area contributed by atoms with Crippen molar-refractivity contribution in [3.63, 3.8) is 0 Å². The van der Waals surface area contributed by atoms with Crippen molar-refractivity contribution in [2.24, 2.45) is 5.92 Å². The van der Waals surface area contributed by atoms with Crippen LogP contribution in [-0.2, 0) is 0 Å². The summed E-state index contributed by atoms with van der Waals surface area (Å²) in [6.07, 6.45) is 2.65. The maximum Gasteiger partial charge on any atom is 0.0406 e. The third kappa shape index (κ3) is 3.98. The maximum absolute atomic E-state index is 5.89. The van der Waals surface area contributed by atoms with Crippen molar-refractivity contribution in [1.82, 2.24) is 10.6 Å². The fraction of sp³-hybridized carbons (Fsp3) is 0.571. The van der Waals surface area contributed by atoms with Gasteiger partial charge in [-0.15, -0.1) is 0 Å². The third-order valence-electron chi connectivity index (χ3n) is 3.48. The highest BCUT2D eigenvalue weighted by Gasteiger charge is 2.14. The number of hydrogen-bond donors (Lipinski definition) is 2. The van der Waals surface area contributed by atoms with E-state index in [2.05, 4.69) is 29.7 Å². The lowest BCUT2D eigenvalue weighted by Gasteiger charge is -2.25. The normalized spacial score (nSPS) is 22.4. The van der Waals surface area contributed by atoms with Gasteiger partial charge in [-0.25, -0.2) is 0 Å². The Balaban J connectivity index is 1.80. The predicted molar refractivity (Wildman–Crippen MR) is 73.5 cm³/mol. The summed E-state index contributed by atoms with van der Waals surface area (Å²) in [6.45, 7) is 5.64. The highest BCUT2D eigenvalue weighted by atomic mass is 35.5. The van der Waals surface area contributed by atoms with Crippen LogP contribution in [0.2, 0.25) is 5.02 Å². The molecule has 1 aromatic carbocycles. The van der Waals surface area contributed by atoms with Gasteiger partial charge in [-0.3, -0.25) is 0 Å². The Hall–Kier alpha value is -0.570. The monoisotopic (exact) mass is 252 g/mol. The fourth-order valence-corrected chi connectivity index (χ4v) is 2.44. The Morgan fingerprint density at radius 3 is 2.82 bits per heavy atom. The molecule has 1 unspecified atom stereocenters. The second-order valence-electron chi connectivity index (χ2n) is 4.89. The average Bonchev–Trinajstić information content (AvgIpc) is 2.38. The minimum Gasteiger partial charge on any atom is -0.316 e. The molecule has 94 valence electrons. The molecule has 0 spiro atoms. The lowest BCUT2D eigenvalue weighted by molar-refractivity contribution is 0.348. The zero-order chi connectivity index (χ0) is 12.1. The first-order valence-corrected chi connectivity index (χ1v) is 6.83. The fourth-order valence-electron chi connectivity index (χ4n) is 2.31. The van der Waals surface area contributed by atoms with E-state index in [-0.39, 0.29) is 0 Å². The van der Waals surface area contributed by atoms with E-state index in [1.165, 1.54) is 24.9 Å². The molecule has 2 rings (SSSR count). The van der Waals surface area contributed by atoms with Gasteiger partial charge in [0.1, 0.15) is 0 Å². The first-order chi connectivity index (χ1) is 8.25. The van der Waals surface area contributed by atoms with Crippen LogP contribution in [0.25, 0.3) is 0 Å². The van der Waals surface area contributed by atoms with Crippen molar-refractivity contribution in [3.8, 4) is 0 Å². The van der Waals surface area contributed by atoms with Crippen molar-refractivity contribution in [3.05, 3.63) is 34.9 Å². The molecule has 17 heavy (non-hydrogen) atoms. The van der Waals surface area contributed by atoms with Gasteiger partial charge in [-0.05, 0) is 63.0 Å². The smallest absolute Gasteiger partial charge is 0.0406 e. The van der Waals surface area contributed by atoms with Gasteiger partial charge >= 0.3 is 0 Å². The minimum absolute atomic E-state index is 0.397. The summed E-state index contributed by atoms with van der Waals surface area (Å²) in [7, 11) is 0. The molecule has 1 aromatic rings. The zero-order valence-corrected chi connectivity index (χ0v) is 11.1. The second-order valence-corrected chi connectivity index (χ2v) is 5.33. The van der Waals surface area contributed by atoms with Gasteiger partial charge in [0.05, 0.1) is 0 Å². The Bertz CT molecular complexity index is 331. The molecule has 1 heterocycles. The molecule has 0 radical (unpaired) electrons. The molecule has 1 fully saturated rings. The first-order valence-electron chi connectivity index (χ1n) is 6.45. The van der Waals surface area contributed by atoms with Crippen LogP contribution in [0.15, 0.2) is 24.3 Å². The molecule has 0 bridgehead atoms. The Labute approximate surface area is 109 Å². The van der Waals surface area contributed by atoms with Crippen LogP contribution in [0.3, 0.4) is 0 Å². The highest BCUT2D eigenvalue weighted by molar-refractivity contribution is 6.30. The lowest BCUT2D eigenvalue weighted by Crippen LogP contribution is -2.36. The number of nitrogens with one attached hydrogen (secondary N) is 2. The van der Waals surface area contributed by atoms with Crippen LogP contribution >= 0.6 is 11.6 Å². The van der Waals surface area contributed by atoms with Crippen LogP contribution in [0, 0.1) is 5.92 Å².